The van der Waals surface area contributed by atoms with E-state index in [1.54, 1.807) is 28.0 Å². The predicted molar refractivity (Wildman–Crippen MR) is 115 cm³/mol. The van der Waals surface area contributed by atoms with Crippen LogP contribution in [0.3, 0.4) is 0 Å². The Hall–Kier alpha value is -2.23. The third-order valence-corrected chi connectivity index (χ3v) is 7.29. The molecule has 158 valence electrons. The standard InChI is InChI=1S/C22H24Cl2N4O2/c1-26-19-5-3-2-4-15(19)20(16(13-25)22(26)30)27-8-10-28(11-9-27)21(29)14-6-7-17(23)18(24)12-14/h6-7,12,15,19H,2-5,8-11H2,1H3. The van der Waals surface area contributed by atoms with Crippen LogP contribution in [0.2, 0.25) is 10.0 Å². The van der Waals surface area contributed by atoms with E-state index in [2.05, 4.69) is 11.0 Å². The number of carbonyl (C=O) groups excluding carboxylic acids is 2. The molecule has 2 unspecified atom stereocenters. The van der Waals surface area contributed by atoms with Gasteiger partial charge in [0.05, 0.1) is 10.0 Å². The van der Waals surface area contributed by atoms with Crippen molar-refractivity contribution in [3.8, 4) is 6.07 Å². The largest absolute Gasteiger partial charge is 0.370 e. The molecule has 2 fully saturated rings. The summed E-state index contributed by atoms with van der Waals surface area (Å²) in [5.74, 6) is -0.0592. The molecule has 1 saturated carbocycles. The Morgan fingerprint density at radius 1 is 1.10 bits per heavy atom. The van der Waals surface area contributed by atoms with Crippen LogP contribution in [0.25, 0.3) is 0 Å². The van der Waals surface area contributed by atoms with Gasteiger partial charge in [-0.25, -0.2) is 0 Å². The molecular weight excluding hydrogens is 423 g/mol. The maximum absolute atomic E-state index is 12.9. The minimum Gasteiger partial charge on any atom is -0.370 e. The van der Waals surface area contributed by atoms with Crippen molar-refractivity contribution >= 4 is 35.0 Å². The van der Waals surface area contributed by atoms with Gasteiger partial charge in [-0.2, -0.15) is 5.26 Å². The molecule has 2 aliphatic heterocycles. The number of nitrogens with zero attached hydrogens (tertiary/aromatic N) is 4. The van der Waals surface area contributed by atoms with Crippen LogP contribution in [0.15, 0.2) is 29.5 Å². The van der Waals surface area contributed by atoms with E-state index in [9.17, 15) is 14.9 Å². The minimum absolute atomic E-state index is 0.0855. The second kappa shape index (κ2) is 8.49. The van der Waals surface area contributed by atoms with Crippen LogP contribution in [0, 0.1) is 17.2 Å². The maximum atomic E-state index is 12.9. The normalized spacial score (nSPS) is 24.6. The molecule has 0 bridgehead atoms. The second-order valence-corrected chi connectivity index (χ2v) is 8.97. The number of piperazine rings is 1. The highest BCUT2D eigenvalue weighted by atomic mass is 35.5. The lowest BCUT2D eigenvalue weighted by Gasteiger charge is -2.48. The fourth-order valence-electron chi connectivity index (χ4n) is 4.98. The molecule has 0 aromatic heterocycles. The Morgan fingerprint density at radius 2 is 1.80 bits per heavy atom. The third kappa shape index (κ3) is 3.66. The molecule has 3 aliphatic rings. The molecule has 0 radical (unpaired) electrons. The van der Waals surface area contributed by atoms with Crippen LogP contribution in [-0.4, -0.2) is 65.8 Å². The maximum Gasteiger partial charge on any atom is 0.266 e. The molecule has 2 heterocycles. The van der Waals surface area contributed by atoms with E-state index in [1.165, 1.54) is 0 Å². The molecule has 1 aromatic carbocycles. The molecule has 0 N–H and O–H groups in total. The molecule has 2 atom stereocenters. The van der Waals surface area contributed by atoms with Crippen molar-refractivity contribution in [2.45, 2.75) is 31.7 Å². The first-order valence-corrected chi connectivity index (χ1v) is 11.1. The zero-order valence-corrected chi connectivity index (χ0v) is 18.4. The molecule has 1 saturated heterocycles. The van der Waals surface area contributed by atoms with Gasteiger partial charge in [-0.1, -0.05) is 36.0 Å². The van der Waals surface area contributed by atoms with Crippen LogP contribution in [0.5, 0.6) is 0 Å². The third-order valence-electron chi connectivity index (χ3n) is 6.55. The number of likely N-dealkylation sites (N-methyl/N-ethyl adjacent to an activating group) is 1. The number of amides is 2. The second-order valence-electron chi connectivity index (χ2n) is 8.15. The number of carbonyl (C=O) groups is 2. The highest BCUT2D eigenvalue weighted by Gasteiger charge is 2.43. The lowest BCUT2D eigenvalue weighted by molar-refractivity contribution is -0.130. The molecule has 0 spiro atoms. The average molecular weight is 447 g/mol. The molecule has 6 nitrogen and oxygen atoms in total. The number of halogens is 2. The fourth-order valence-corrected chi connectivity index (χ4v) is 5.27. The van der Waals surface area contributed by atoms with Gasteiger partial charge in [0.1, 0.15) is 11.6 Å². The first kappa shape index (κ1) is 21.0. The smallest absolute Gasteiger partial charge is 0.266 e. The molecule has 30 heavy (non-hydrogen) atoms. The lowest BCUT2D eigenvalue weighted by atomic mass is 9.77. The van der Waals surface area contributed by atoms with Gasteiger partial charge < -0.3 is 14.7 Å². The monoisotopic (exact) mass is 446 g/mol. The summed E-state index contributed by atoms with van der Waals surface area (Å²) >= 11 is 12.0. The number of benzene rings is 1. The van der Waals surface area contributed by atoms with Gasteiger partial charge in [-0.15, -0.1) is 0 Å². The summed E-state index contributed by atoms with van der Waals surface area (Å²) < 4.78 is 0. The van der Waals surface area contributed by atoms with E-state index in [1.807, 2.05) is 7.05 Å². The van der Waals surface area contributed by atoms with Crippen LogP contribution >= 0.6 is 23.2 Å². The number of nitriles is 1. The average Bonchev–Trinajstić information content (AvgIpc) is 2.77. The number of fused-ring (bicyclic) bond motifs is 1. The first-order valence-electron chi connectivity index (χ1n) is 10.3. The number of hydrogen-bond donors (Lipinski definition) is 0. The zero-order valence-electron chi connectivity index (χ0n) is 16.9. The first-order chi connectivity index (χ1) is 14.4. The van der Waals surface area contributed by atoms with E-state index < -0.39 is 0 Å². The summed E-state index contributed by atoms with van der Waals surface area (Å²) in [5, 5.41) is 10.5. The SMILES string of the molecule is CN1C(=O)C(C#N)=C(N2CCN(C(=O)c3ccc(Cl)c(Cl)c3)CC2)C2CCCCC21. The molecule has 1 aromatic rings. The van der Waals surface area contributed by atoms with Crippen molar-refractivity contribution in [2.24, 2.45) is 5.92 Å². The van der Waals surface area contributed by atoms with Gasteiger partial charge in [-0.05, 0) is 31.0 Å². The summed E-state index contributed by atoms with van der Waals surface area (Å²) in [4.78, 5) is 31.4. The fraction of sp³-hybridized carbons (Fsp3) is 0.500. The van der Waals surface area contributed by atoms with E-state index >= 15 is 0 Å². The number of rotatable bonds is 2. The van der Waals surface area contributed by atoms with Crippen LogP contribution < -0.4 is 0 Å². The van der Waals surface area contributed by atoms with E-state index in [0.717, 1.165) is 31.4 Å². The Balaban J connectivity index is 1.53. The Bertz CT molecular complexity index is 947. The van der Waals surface area contributed by atoms with Gasteiger partial charge >= 0.3 is 0 Å². The molecule has 2 amide bonds. The highest BCUT2D eigenvalue weighted by molar-refractivity contribution is 6.42. The lowest BCUT2D eigenvalue weighted by Crippen LogP contribution is -2.55. The predicted octanol–water partition coefficient (Wildman–Crippen LogP) is 3.56. The van der Waals surface area contributed by atoms with Crippen molar-refractivity contribution in [2.75, 3.05) is 33.2 Å². The Labute approximate surface area is 186 Å². The van der Waals surface area contributed by atoms with Crippen LogP contribution in [0.4, 0.5) is 0 Å². The van der Waals surface area contributed by atoms with Gasteiger partial charge in [0, 0.05) is 56.4 Å². The molecule has 8 heteroatoms. The molecular formula is C22H24Cl2N4O2. The van der Waals surface area contributed by atoms with E-state index in [-0.39, 0.29) is 29.3 Å². The summed E-state index contributed by atoms with van der Waals surface area (Å²) in [6.07, 6.45) is 4.19. The highest BCUT2D eigenvalue weighted by Crippen LogP contribution is 2.40. The topological polar surface area (TPSA) is 67.7 Å². The van der Waals surface area contributed by atoms with E-state index in [4.69, 9.17) is 23.2 Å². The summed E-state index contributed by atoms with van der Waals surface area (Å²) in [6, 6.07) is 7.24. The zero-order chi connectivity index (χ0) is 21.4. The van der Waals surface area contributed by atoms with Crippen molar-refractivity contribution in [1.82, 2.24) is 14.7 Å². The quantitative estimate of drug-likeness (QED) is 0.696. The van der Waals surface area contributed by atoms with Crippen molar-refractivity contribution in [3.05, 3.63) is 45.1 Å². The van der Waals surface area contributed by atoms with Gasteiger partial charge in [0.25, 0.3) is 11.8 Å². The van der Waals surface area contributed by atoms with Crippen molar-refractivity contribution < 1.29 is 9.59 Å². The summed E-state index contributed by atoms with van der Waals surface area (Å²) in [5.41, 5.74) is 1.67. The van der Waals surface area contributed by atoms with Crippen molar-refractivity contribution in [1.29, 1.82) is 5.26 Å². The molecule has 4 rings (SSSR count). The number of hydrogen-bond acceptors (Lipinski definition) is 4. The summed E-state index contributed by atoms with van der Waals surface area (Å²) in [7, 11) is 1.81. The minimum atomic E-state index is -0.176. The summed E-state index contributed by atoms with van der Waals surface area (Å²) in [6.45, 7) is 2.27. The van der Waals surface area contributed by atoms with Crippen LogP contribution in [0.1, 0.15) is 36.0 Å². The van der Waals surface area contributed by atoms with E-state index in [0.29, 0.717) is 41.8 Å². The van der Waals surface area contributed by atoms with Gasteiger partial charge in [0.2, 0.25) is 0 Å². The Kier molecular flexibility index (Phi) is 5.95. The van der Waals surface area contributed by atoms with Gasteiger partial charge in [0.15, 0.2) is 0 Å². The van der Waals surface area contributed by atoms with Crippen LogP contribution in [-0.2, 0) is 4.79 Å². The Morgan fingerprint density at radius 3 is 2.47 bits per heavy atom. The molecule has 1 aliphatic carbocycles. The van der Waals surface area contributed by atoms with Crippen molar-refractivity contribution in [3.63, 3.8) is 0 Å². The van der Waals surface area contributed by atoms with Gasteiger partial charge in [-0.3, -0.25) is 9.59 Å².